The number of amides is 1. The highest BCUT2D eigenvalue weighted by Crippen LogP contribution is 2.25. The van der Waals surface area contributed by atoms with E-state index in [-0.39, 0.29) is 11.7 Å². The Morgan fingerprint density at radius 2 is 2.10 bits per heavy atom. The number of aryl methyl sites for hydroxylation is 1. The number of rotatable bonds is 5. The number of hydrazone groups is 1. The number of hydrogen-bond acceptors (Lipinski definition) is 5. The van der Waals surface area contributed by atoms with Crippen molar-refractivity contribution in [1.82, 2.24) is 9.99 Å². The number of aromatic nitrogens is 1. The molecule has 2 aromatic heterocycles. The molecule has 1 unspecified atom stereocenters. The zero-order chi connectivity index (χ0) is 20.4. The highest BCUT2D eigenvalue weighted by Gasteiger charge is 2.14. The summed E-state index contributed by atoms with van der Waals surface area (Å²) in [6.07, 6.45) is 5.50. The molecule has 0 bridgehead atoms. The first kappa shape index (κ1) is 18.5. The van der Waals surface area contributed by atoms with E-state index >= 15 is 0 Å². The quantitative estimate of drug-likeness (QED) is 0.359. The van der Waals surface area contributed by atoms with Gasteiger partial charge in [0.25, 0.3) is 5.91 Å². The molecule has 0 fully saturated rings. The van der Waals surface area contributed by atoms with E-state index in [1.165, 1.54) is 24.7 Å². The van der Waals surface area contributed by atoms with Crippen molar-refractivity contribution in [2.45, 2.75) is 13.2 Å². The van der Waals surface area contributed by atoms with Crippen molar-refractivity contribution >= 4 is 23.0 Å². The second-order valence-electron chi connectivity index (χ2n) is 6.63. The zero-order valence-electron chi connectivity index (χ0n) is 15.6. The van der Waals surface area contributed by atoms with Gasteiger partial charge in [-0.15, -0.1) is 0 Å². The van der Waals surface area contributed by atoms with Gasteiger partial charge in [0.2, 0.25) is 0 Å². The lowest BCUT2D eigenvalue weighted by molar-refractivity contribution is 0.0955. The van der Waals surface area contributed by atoms with E-state index in [1.807, 2.05) is 24.3 Å². The van der Waals surface area contributed by atoms with Gasteiger partial charge >= 0.3 is 0 Å². The lowest BCUT2D eigenvalue weighted by atomic mass is 10.1. The number of aliphatic hydroxyl groups is 1. The third-order valence-electron chi connectivity index (χ3n) is 4.73. The number of carbonyl (C=O) groups is 1. The summed E-state index contributed by atoms with van der Waals surface area (Å²) in [5.74, 6) is -0.233. The van der Waals surface area contributed by atoms with Gasteiger partial charge in [-0.1, -0.05) is 12.1 Å². The third-order valence-corrected chi connectivity index (χ3v) is 4.73. The van der Waals surface area contributed by atoms with Crippen molar-refractivity contribution < 1.29 is 19.4 Å². The van der Waals surface area contributed by atoms with Crippen LogP contribution in [0.4, 0.5) is 0 Å². The van der Waals surface area contributed by atoms with Crippen molar-refractivity contribution in [3.05, 3.63) is 89.5 Å². The van der Waals surface area contributed by atoms with Gasteiger partial charge in [-0.05, 0) is 48.9 Å². The number of nitrogens with one attached hydrogen (secondary N) is 1. The number of nitrogens with zero attached hydrogens (tertiary/aromatic N) is 2. The summed E-state index contributed by atoms with van der Waals surface area (Å²) >= 11 is 0. The molecule has 0 radical (unpaired) electrons. The normalized spacial score (nSPS) is 12.5. The van der Waals surface area contributed by atoms with Crippen molar-refractivity contribution in [3.63, 3.8) is 0 Å². The van der Waals surface area contributed by atoms with Crippen LogP contribution in [0.15, 0.2) is 76.8 Å². The molecule has 1 atom stereocenters. The molecule has 7 nitrogen and oxygen atoms in total. The Hall–Kier alpha value is -3.84. The molecule has 0 aliphatic heterocycles. The van der Waals surface area contributed by atoms with Crippen LogP contribution in [0.3, 0.4) is 0 Å². The molecule has 7 heteroatoms. The smallest absolute Gasteiger partial charge is 0.271 e. The second kappa shape index (κ2) is 7.65. The summed E-state index contributed by atoms with van der Waals surface area (Å²) in [7, 11) is 0. The lowest BCUT2D eigenvalue weighted by Gasteiger charge is -2.12. The molecule has 2 heterocycles. The van der Waals surface area contributed by atoms with Crippen molar-refractivity contribution in [2.75, 3.05) is 0 Å². The third kappa shape index (κ3) is 3.63. The minimum absolute atomic E-state index is 0.138. The Balaban J connectivity index is 1.55. The molecular weight excluding hydrogens is 370 g/mol. The molecule has 1 amide bonds. The minimum Gasteiger partial charge on any atom is -0.508 e. The molecule has 4 aromatic rings. The SMILES string of the molecule is Cc1cc(C(=O)N/N=C/c2cccc3c2ccn3C(O)c2ccoc2)ccc1O. The number of furan rings is 1. The zero-order valence-corrected chi connectivity index (χ0v) is 15.6. The molecule has 3 N–H and O–H groups in total. The first-order chi connectivity index (χ1) is 14.0. The lowest BCUT2D eigenvalue weighted by Crippen LogP contribution is -2.17. The Morgan fingerprint density at radius 1 is 1.24 bits per heavy atom. The van der Waals surface area contributed by atoms with Crippen LogP contribution in [-0.4, -0.2) is 26.9 Å². The maximum absolute atomic E-state index is 12.2. The van der Waals surface area contributed by atoms with Gasteiger partial charge in [-0.2, -0.15) is 5.10 Å². The van der Waals surface area contributed by atoms with Gasteiger partial charge in [0.05, 0.1) is 24.3 Å². The molecule has 29 heavy (non-hydrogen) atoms. The molecule has 0 aliphatic rings. The highest BCUT2D eigenvalue weighted by atomic mass is 16.3. The molecule has 4 rings (SSSR count). The standard InChI is InChI=1S/C22H19N3O4/c1-14-11-15(5-6-20(14)26)21(27)24-23-12-16-3-2-4-19-18(16)7-9-25(19)22(28)17-8-10-29-13-17/h2-13,22,26,28H,1H3,(H,24,27)/b23-12+. The average molecular weight is 389 g/mol. The number of aliphatic hydroxyl groups excluding tert-OH is 1. The predicted molar refractivity (Wildman–Crippen MR) is 109 cm³/mol. The van der Waals surface area contributed by atoms with E-state index in [9.17, 15) is 15.0 Å². The van der Waals surface area contributed by atoms with Crippen LogP contribution < -0.4 is 5.43 Å². The Bertz CT molecular complexity index is 1190. The summed E-state index contributed by atoms with van der Waals surface area (Å²) < 4.78 is 6.78. The topological polar surface area (TPSA) is 100.0 Å². The van der Waals surface area contributed by atoms with E-state index in [0.717, 1.165) is 16.5 Å². The molecule has 0 spiro atoms. The number of carbonyl (C=O) groups excluding carboxylic acids is 1. The molecule has 0 aliphatic carbocycles. The van der Waals surface area contributed by atoms with E-state index in [0.29, 0.717) is 16.7 Å². The van der Waals surface area contributed by atoms with Crippen LogP contribution in [0, 0.1) is 6.92 Å². The van der Waals surface area contributed by atoms with Crippen LogP contribution in [0.5, 0.6) is 5.75 Å². The largest absolute Gasteiger partial charge is 0.508 e. The van der Waals surface area contributed by atoms with Gasteiger partial charge in [-0.3, -0.25) is 4.79 Å². The van der Waals surface area contributed by atoms with Crippen molar-refractivity contribution in [1.29, 1.82) is 0 Å². The summed E-state index contributed by atoms with van der Waals surface area (Å²) in [6.45, 7) is 1.72. The fraction of sp³-hybridized carbons (Fsp3) is 0.0909. The minimum atomic E-state index is -0.865. The number of benzene rings is 2. The van der Waals surface area contributed by atoms with Crippen LogP contribution in [-0.2, 0) is 0 Å². The van der Waals surface area contributed by atoms with Gasteiger partial charge in [0, 0.05) is 28.3 Å². The maximum atomic E-state index is 12.2. The van der Waals surface area contributed by atoms with Crippen LogP contribution in [0.2, 0.25) is 0 Å². The monoisotopic (exact) mass is 389 g/mol. The Labute approximate surface area is 166 Å². The fourth-order valence-electron chi connectivity index (χ4n) is 3.14. The second-order valence-corrected chi connectivity index (χ2v) is 6.63. The van der Waals surface area contributed by atoms with E-state index in [4.69, 9.17) is 4.42 Å². The molecular formula is C22H19N3O4. The fourth-order valence-corrected chi connectivity index (χ4v) is 3.14. The van der Waals surface area contributed by atoms with E-state index < -0.39 is 6.23 Å². The Kier molecular flexibility index (Phi) is 4.88. The summed E-state index contributed by atoms with van der Waals surface area (Å²) in [4.78, 5) is 12.2. The average Bonchev–Trinajstić information content (AvgIpc) is 3.40. The molecule has 0 saturated heterocycles. The summed E-state index contributed by atoms with van der Waals surface area (Å²) in [5.41, 5.74) is 5.78. The number of phenols is 1. The Morgan fingerprint density at radius 3 is 2.86 bits per heavy atom. The van der Waals surface area contributed by atoms with E-state index in [1.54, 1.807) is 36.0 Å². The first-order valence-corrected chi connectivity index (χ1v) is 8.97. The van der Waals surface area contributed by atoms with Crippen molar-refractivity contribution in [2.24, 2.45) is 5.10 Å². The maximum Gasteiger partial charge on any atom is 0.271 e. The van der Waals surface area contributed by atoms with Crippen molar-refractivity contribution in [3.8, 4) is 5.75 Å². The molecule has 2 aromatic carbocycles. The number of aromatic hydroxyl groups is 1. The molecule has 0 saturated carbocycles. The van der Waals surface area contributed by atoms with E-state index in [2.05, 4.69) is 10.5 Å². The first-order valence-electron chi connectivity index (χ1n) is 8.97. The number of phenolic OH excluding ortho intramolecular Hbond substituents is 1. The van der Waals surface area contributed by atoms with Gasteiger partial charge in [0.15, 0.2) is 6.23 Å². The number of fused-ring (bicyclic) bond motifs is 1. The molecule has 146 valence electrons. The predicted octanol–water partition coefficient (Wildman–Crippen LogP) is 3.55. The van der Waals surface area contributed by atoms with Crippen LogP contribution >= 0.6 is 0 Å². The van der Waals surface area contributed by atoms with Gasteiger partial charge < -0.3 is 19.2 Å². The van der Waals surface area contributed by atoms with Gasteiger partial charge in [0.1, 0.15) is 5.75 Å². The van der Waals surface area contributed by atoms with Crippen LogP contribution in [0.1, 0.15) is 33.3 Å². The highest BCUT2D eigenvalue weighted by molar-refractivity contribution is 6.00. The summed E-state index contributed by atoms with van der Waals surface area (Å²) in [5, 5.41) is 25.1. The van der Waals surface area contributed by atoms with Gasteiger partial charge in [-0.25, -0.2) is 5.43 Å². The van der Waals surface area contributed by atoms with Crippen LogP contribution in [0.25, 0.3) is 10.9 Å². The summed E-state index contributed by atoms with van der Waals surface area (Å²) in [6, 6.07) is 13.8. The number of hydrogen-bond donors (Lipinski definition) is 3.